The summed E-state index contributed by atoms with van der Waals surface area (Å²) in [6.45, 7) is 4.89. The maximum atomic E-state index is 12.0. The van der Waals surface area contributed by atoms with Gasteiger partial charge in [-0.3, -0.25) is 4.79 Å². The summed E-state index contributed by atoms with van der Waals surface area (Å²) in [7, 11) is 1.72. The number of nitrogens with zero attached hydrogens (tertiary/aromatic N) is 1. The van der Waals surface area contributed by atoms with Crippen LogP contribution >= 0.6 is 0 Å². The van der Waals surface area contributed by atoms with Crippen molar-refractivity contribution < 1.29 is 14.7 Å². The van der Waals surface area contributed by atoms with Gasteiger partial charge in [0.15, 0.2) is 0 Å². The summed E-state index contributed by atoms with van der Waals surface area (Å²) in [5.74, 6) is 0.424. The van der Waals surface area contributed by atoms with Gasteiger partial charge in [0.25, 0.3) is 0 Å². The maximum Gasteiger partial charge on any atom is 0.317 e. The maximum absolute atomic E-state index is 12.0. The van der Waals surface area contributed by atoms with E-state index in [9.17, 15) is 9.59 Å². The number of carboxylic acids is 1. The number of rotatable bonds is 6. The van der Waals surface area contributed by atoms with Crippen LogP contribution in [-0.4, -0.2) is 41.6 Å². The Morgan fingerprint density at radius 3 is 2.58 bits per heavy atom. The molecule has 1 fully saturated rings. The zero-order valence-electron chi connectivity index (χ0n) is 12.2. The van der Waals surface area contributed by atoms with Crippen LogP contribution in [0.3, 0.4) is 0 Å². The summed E-state index contributed by atoms with van der Waals surface area (Å²) in [6.07, 6.45) is 4.01. The second-order valence-electron chi connectivity index (χ2n) is 5.58. The van der Waals surface area contributed by atoms with Crippen LogP contribution in [0.2, 0.25) is 0 Å². The third kappa shape index (κ3) is 4.73. The summed E-state index contributed by atoms with van der Waals surface area (Å²) < 4.78 is 0. The summed E-state index contributed by atoms with van der Waals surface area (Å²) >= 11 is 0. The Labute approximate surface area is 115 Å². The summed E-state index contributed by atoms with van der Waals surface area (Å²) in [5.41, 5.74) is 0. The number of hydrogen-bond donors (Lipinski definition) is 2. The summed E-state index contributed by atoms with van der Waals surface area (Å²) in [4.78, 5) is 24.0. The van der Waals surface area contributed by atoms with Gasteiger partial charge in [0.05, 0.1) is 0 Å². The van der Waals surface area contributed by atoms with Gasteiger partial charge in [-0.1, -0.05) is 20.3 Å². The highest BCUT2D eigenvalue weighted by molar-refractivity contribution is 5.74. The Morgan fingerprint density at radius 1 is 1.37 bits per heavy atom. The SMILES string of the molecule is CCC1CCC(NC(=O)N(C)CCCC(=O)O)C1C. The van der Waals surface area contributed by atoms with Gasteiger partial charge in [-0.25, -0.2) is 4.79 Å². The molecule has 110 valence electrons. The van der Waals surface area contributed by atoms with E-state index in [1.54, 1.807) is 11.9 Å². The van der Waals surface area contributed by atoms with Gasteiger partial charge in [0, 0.05) is 26.1 Å². The molecule has 0 spiro atoms. The largest absolute Gasteiger partial charge is 0.481 e. The number of carbonyl (C=O) groups is 2. The van der Waals surface area contributed by atoms with Crippen LogP contribution in [0.15, 0.2) is 0 Å². The molecule has 2 N–H and O–H groups in total. The number of amides is 2. The van der Waals surface area contributed by atoms with E-state index in [1.807, 2.05) is 0 Å². The number of aliphatic carboxylic acids is 1. The van der Waals surface area contributed by atoms with E-state index in [2.05, 4.69) is 19.2 Å². The first-order chi connectivity index (χ1) is 8.95. The topological polar surface area (TPSA) is 69.6 Å². The Bertz CT molecular complexity index is 320. The van der Waals surface area contributed by atoms with E-state index in [1.165, 1.54) is 12.8 Å². The van der Waals surface area contributed by atoms with E-state index in [-0.39, 0.29) is 18.5 Å². The van der Waals surface area contributed by atoms with Gasteiger partial charge in [0.1, 0.15) is 0 Å². The molecule has 1 saturated carbocycles. The first-order valence-corrected chi connectivity index (χ1v) is 7.19. The molecule has 3 atom stereocenters. The van der Waals surface area contributed by atoms with E-state index in [4.69, 9.17) is 5.11 Å². The standard InChI is InChI=1S/C14H26N2O3/c1-4-11-7-8-12(10(11)2)15-14(19)16(3)9-5-6-13(17)18/h10-12H,4-9H2,1-3H3,(H,15,19)(H,17,18). The second kappa shape index (κ2) is 7.36. The van der Waals surface area contributed by atoms with E-state index >= 15 is 0 Å². The predicted molar refractivity (Wildman–Crippen MR) is 74.0 cm³/mol. The molecule has 2 amide bonds. The lowest BCUT2D eigenvalue weighted by Crippen LogP contribution is -2.44. The zero-order valence-corrected chi connectivity index (χ0v) is 12.2. The molecule has 3 unspecified atom stereocenters. The lowest BCUT2D eigenvalue weighted by Gasteiger charge is -2.24. The van der Waals surface area contributed by atoms with Gasteiger partial charge >= 0.3 is 12.0 Å². The van der Waals surface area contributed by atoms with Crippen molar-refractivity contribution >= 4 is 12.0 Å². The van der Waals surface area contributed by atoms with E-state index in [0.717, 1.165) is 6.42 Å². The van der Waals surface area contributed by atoms with Crippen molar-refractivity contribution in [1.82, 2.24) is 10.2 Å². The predicted octanol–water partition coefficient (Wildman–Crippen LogP) is 2.32. The molecular weight excluding hydrogens is 244 g/mol. The molecule has 1 aliphatic rings. The molecule has 0 aromatic rings. The fourth-order valence-electron chi connectivity index (χ4n) is 2.87. The van der Waals surface area contributed by atoms with Gasteiger partial charge < -0.3 is 15.3 Å². The second-order valence-corrected chi connectivity index (χ2v) is 5.58. The lowest BCUT2D eigenvalue weighted by molar-refractivity contribution is -0.137. The Morgan fingerprint density at radius 2 is 2.05 bits per heavy atom. The number of hydrogen-bond acceptors (Lipinski definition) is 2. The van der Waals surface area contributed by atoms with Crippen LogP contribution in [0.4, 0.5) is 4.79 Å². The monoisotopic (exact) mass is 270 g/mol. The quantitative estimate of drug-likeness (QED) is 0.778. The molecule has 0 aromatic carbocycles. The van der Waals surface area contributed by atoms with Crippen LogP contribution in [0.25, 0.3) is 0 Å². The molecule has 0 aromatic heterocycles. The van der Waals surface area contributed by atoms with E-state index < -0.39 is 5.97 Å². The fraction of sp³-hybridized carbons (Fsp3) is 0.857. The zero-order chi connectivity index (χ0) is 14.4. The molecule has 0 bridgehead atoms. The van der Waals surface area contributed by atoms with Crippen LogP contribution in [0.1, 0.15) is 46.0 Å². The minimum Gasteiger partial charge on any atom is -0.481 e. The highest BCUT2D eigenvalue weighted by Gasteiger charge is 2.32. The first kappa shape index (κ1) is 15.8. The molecule has 0 radical (unpaired) electrons. The third-order valence-electron chi connectivity index (χ3n) is 4.29. The van der Waals surface area contributed by atoms with Crippen molar-refractivity contribution in [3.05, 3.63) is 0 Å². The van der Waals surface area contributed by atoms with Gasteiger partial charge in [-0.15, -0.1) is 0 Å². The molecule has 0 heterocycles. The molecule has 5 heteroatoms. The minimum absolute atomic E-state index is 0.0843. The smallest absolute Gasteiger partial charge is 0.317 e. The van der Waals surface area contributed by atoms with Crippen molar-refractivity contribution in [3.8, 4) is 0 Å². The van der Waals surface area contributed by atoms with Crippen molar-refractivity contribution in [2.45, 2.75) is 52.0 Å². The third-order valence-corrected chi connectivity index (χ3v) is 4.29. The average Bonchev–Trinajstić information content (AvgIpc) is 2.69. The first-order valence-electron chi connectivity index (χ1n) is 7.19. The normalized spacial score (nSPS) is 26.2. The molecule has 5 nitrogen and oxygen atoms in total. The number of carboxylic acid groups (broad SMARTS) is 1. The lowest BCUT2D eigenvalue weighted by atomic mass is 9.93. The number of carbonyl (C=O) groups excluding carboxylic acids is 1. The minimum atomic E-state index is -0.816. The molecular formula is C14H26N2O3. The number of urea groups is 1. The highest BCUT2D eigenvalue weighted by Crippen LogP contribution is 2.33. The van der Waals surface area contributed by atoms with Gasteiger partial charge in [-0.05, 0) is 31.1 Å². The molecule has 0 saturated heterocycles. The van der Waals surface area contributed by atoms with E-state index in [0.29, 0.717) is 24.8 Å². The highest BCUT2D eigenvalue weighted by atomic mass is 16.4. The number of nitrogens with one attached hydrogen (secondary N) is 1. The Kier molecular flexibility index (Phi) is 6.12. The van der Waals surface area contributed by atoms with Crippen LogP contribution < -0.4 is 5.32 Å². The average molecular weight is 270 g/mol. The van der Waals surface area contributed by atoms with Crippen molar-refractivity contribution in [2.24, 2.45) is 11.8 Å². The van der Waals surface area contributed by atoms with Crippen molar-refractivity contribution in [1.29, 1.82) is 0 Å². The summed E-state index contributed by atoms with van der Waals surface area (Å²) in [6, 6.07) is 0.179. The van der Waals surface area contributed by atoms with Gasteiger partial charge in [-0.2, -0.15) is 0 Å². The van der Waals surface area contributed by atoms with Crippen LogP contribution in [-0.2, 0) is 4.79 Å². The Hall–Kier alpha value is -1.26. The molecule has 1 aliphatic carbocycles. The summed E-state index contributed by atoms with van der Waals surface area (Å²) in [5, 5.41) is 11.6. The molecule has 19 heavy (non-hydrogen) atoms. The van der Waals surface area contributed by atoms with Crippen molar-refractivity contribution in [3.63, 3.8) is 0 Å². The molecule has 1 rings (SSSR count). The fourth-order valence-corrected chi connectivity index (χ4v) is 2.87. The molecule has 0 aliphatic heterocycles. The van der Waals surface area contributed by atoms with Crippen LogP contribution in [0, 0.1) is 11.8 Å². The van der Waals surface area contributed by atoms with Crippen LogP contribution in [0.5, 0.6) is 0 Å². The Balaban J connectivity index is 2.32. The van der Waals surface area contributed by atoms with Crippen molar-refractivity contribution in [2.75, 3.05) is 13.6 Å². The van der Waals surface area contributed by atoms with Gasteiger partial charge in [0.2, 0.25) is 0 Å².